The number of ether oxygens (including phenoxy) is 2. The lowest BCUT2D eigenvalue weighted by molar-refractivity contribution is 0.111. The van der Waals surface area contributed by atoms with Gasteiger partial charge >= 0.3 is 0 Å². The zero-order valence-electron chi connectivity index (χ0n) is 14.7. The Kier molecular flexibility index (Phi) is 5.64. The van der Waals surface area contributed by atoms with E-state index >= 15 is 0 Å². The van der Waals surface area contributed by atoms with Crippen LogP contribution in [0.3, 0.4) is 0 Å². The van der Waals surface area contributed by atoms with Crippen LogP contribution in [0.15, 0.2) is 30.0 Å². The van der Waals surface area contributed by atoms with Gasteiger partial charge in [-0.3, -0.25) is 9.48 Å². The molecule has 0 aliphatic carbocycles. The molecule has 0 fully saturated rings. The Bertz CT molecular complexity index is 842. The number of aromatic hydroxyl groups is 1. The first-order chi connectivity index (χ1) is 12.5. The zero-order valence-corrected chi connectivity index (χ0v) is 15.5. The van der Waals surface area contributed by atoms with Crippen molar-refractivity contribution in [2.45, 2.75) is 26.3 Å². The van der Waals surface area contributed by atoms with Crippen molar-refractivity contribution in [3.05, 3.63) is 46.2 Å². The van der Waals surface area contributed by atoms with Crippen LogP contribution < -0.4 is 4.74 Å². The molecule has 6 nitrogen and oxygen atoms in total. The highest BCUT2D eigenvalue weighted by Gasteiger charge is 2.20. The SMILES string of the molecule is CC(C)n1nccc1C1=C(COc2ccc(Cl)c(O)c2C=O)CCOC1. The molecule has 1 aromatic carbocycles. The fraction of sp³-hybridized carbons (Fsp3) is 0.368. The number of hydrogen-bond donors (Lipinski definition) is 1. The van der Waals surface area contributed by atoms with Crippen molar-refractivity contribution >= 4 is 23.5 Å². The lowest BCUT2D eigenvalue weighted by atomic mass is 10.0. The van der Waals surface area contributed by atoms with Crippen LogP contribution in [0.25, 0.3) is 5.57 Å². The summed E-state index contributed by atoms with van der Waals surface area (Å²) in [5.74, 6) is 0.0378. The van der Waals surface area contributed by atoms with Crippen LogP contribution >= 0.6 is 11.6 Å². The Morgan fingerprint density at radius 2 is 2.23 bits per heavy atom. The molecule has 3 rings (SSSR count). The number of carbonyl (C=O) groups is 1. The van der Waals surface area contributed by atoms with Gasteiger partial charge in [0.25, 0.3) is 0 Å². The fourth-order valence-electron chi connectivity index (χ4n) is 2.97. The summed E-state index contributed by atoms with van der Waals surface area (Å²) in [6, 6.07) is 5.29. The van der Waals surface area contributed by atoms with Gasteiger partial charge in [-0.05, 0) is 44.0 Å². The number of benzene rings is 1. The summed E-state index contributed by atoms with van der Waals surface area (Å²) in [4.78, 5) is 11.3. The number of phenols is 1. The van der Waals surface area contributed by atoms with Gasteiger partial charge in [-0.2, -0.15) is 5.10 Å². The third kappa shape index (κ3) is 3.61. The summed E-state index contributed by atoms with van der Waals surface area (Å²) in [5.41, 5.74) is 3.20. The predicted molar refractivity (Wildman–Crippen MR) is 99.0 cm³/mol. The van der Waals surface area contributed by atoms with Crippen LogP contribution in [0.4, 0.5) is 0 Å². The Hall–Kier alpha value is -2.31. The second-order valence-electron chi connectivity index (χ2n) is 6.35. The number of aromatic nitrogens is 2. The minimum Gasteiger partial charge on any atom is -0.505 e. The molecule has 0 amide bonds. The lowest BCUT2D eigenvalue weighted by Gasteiger charge is -2.23. The summed E-state index contributed by atoms with van der Waals surface area (Å²) in [6.07, 6.45) is 3.05. The molecular weight excluding hydrogens is 356 g/mol. The van der Waals surface area contributed by atoms with E-state index in [2.05, 4.69) is 18.9 Å². The first-order valence-corrected chi connectivity index (χ1v) is 8.82. The van der Waals surface area contributed by atoms with Crippen LogP contribution in [-0.2, 0) is 4.74 Å². The number of carbonyl (C=O) groups excluding carboxylic acids is 1. The van der Waals surface area contributed by atoms with Crippen molar-refractivity contribution in [2.24, 2.45) is 0 Å². The van der Waals surface area contributed by atoms with Crippen molar-refractivity contribution in [1.29, 1.82) is 0 Å². The van der Waals surface area contributed by atoms with Crippen molar-refractivity contribution in [1.82, 2.24) is 9.78 Å². The number of halogens is 1. The predicted octanol–water partition coefficient (Wildman–Crippen LogP) is 3.89. The van der Waals surface area contributed by atoms with Gasteiger partial charge in [0.15, 0.2) is 6.29 Å². The summed E-state index contributed by atoms with van der Waals surface area (Å²) >= 11 is 5.85. The normalized spacial score (nSPS) is 14.8. The smallest absolute Gasteiger partial charge is 0.157 e. The number of aldehydes is 1. The summed E-state index contributed by atoms with van der Waals surface area (Å²) in [5, 5.41) is 14.4. The number of phenolic OH excluding ortho intramolecular Hbond substituents is 1. The maximum absolute atomic E-state index is 11.3. The van der Waals surface area contributed by atoms with Crippen LogP contribution in [0, 0.1) is 0 Å². The molecule has 0 radical (unpaired) electrons. The van der Waals surface area contributed by atoms with Crippen LogP contribution in [0.2, 0.25) is 5.02 Å². The molecule has 1 aliphatic heterocycles. The van der Waals surface area contributed by atoms with Crippen LogP contribution in [0.1, 0.15) is 42.4 Å². The van der Waals surface area contributed by atoms with E-state index in [1.807, 2.05) is 10.7 Å². The van der Waals surface area contributed by atoms with E-state index in [1.165, 1.54) is 6.07 Å². The molecule has 138 valence electrons. The number of nitrogens with zero attached hydrogens (tertiary/aromatic N) is 2. The van der Waals surface area contributed by atoms with Crippen molar-refractivity contribution in [3.8, 4) is 11.5 Å². The molecule has 0 spiro atoms. The molecule has 1 aliphatic rings. The molecule has 0 unspecified atom stereocenters. The lowest BCUT2D eigenvalue weighted by Crippen LogP contribution is -2.18. The molecule has 26 heavy (non-hydrogen) atoms. The molecule has 0 saturated carbocycles. The van der Waals surface area contributed by atoms with Crippen LogP contribution in [-0.4, -0.2) is 41.0 Å². The van der Waals surface area contributed by atoms with E-state index in [4.69, 9.17) is 21.1 Å². The zero-order chi connectivity index (χ0) is 18.7. The standard InChI is InChI=1S/C19H21ClN2O4/c1-12(2)22-17(5-7-21-22)15-11-25-8-6-13(15)10-26-18-4-3-16(20)19(24)14(18)9-23/h3-5,7,9,12,24H,6,8,10-11H2,1-2H3. The quantitative estimate of drug-likeness (QED) is 0.774. The largest absolute Gasteiger partial charge is 0.505 e. The summed E-state index contributed by atoms with van der Waals surface area (Å²) in [7, 11) is 0. The second-order valence-corrected chi connectivity index (χ2v) is 6.76. The van der Waals surface area contributed by atoms with E-state index in [0.29, 0.717) is 31.9 Å². The molecule has 1 N–H and O–H groups in total. The van der Waals surface area contributed by atoms with E-state index < -0.39 is 0 Å². The van der Waals surface area contributed by atoms with Crippen molar-refractivity contribution < 1.29 is 19.4 Å². The van der Waals surface area contributed by atoms with Gasteiger partial charge in [0.2, 0.25) is 0 Å². The highest BCUT2D eigenvalue weighted by Crippen LogP contribution is 2.34. The van der Waals surface area contributed by atoms with Gasteiger partial charge in [-0.1, -0.05) is 11.6 Å². The van der Waals surface area contributed by atoms with E-state index in [9.17, 15) is 9.90 Å². The van der Waals surface area contributed by atoms with E-state index in [-0.39, 0.29) is 22.4 Å². The Balaban J connectivity index is 1.90. The topological polar surface area (TPSA) is 73.6 Å². The molecule has 7 heteroatoms. The Labute approximate surface area is 157 Å². The monoisotopic (exact) mass is 376 g/mol. The van der Waals surface area contributed by atoms with Gasteiger partial charge in [0.05, 0.1) is 29.5 Å². The molecular formula is C19H21ClN2O4. The molecule has 2 aromatic rings. The number of hydrogen-bond acceptors (Lipinski definition) is 5. The van der Waals surface area contributed by atoms with E-state index in [1.54, 1.807) is 12.3 Å². The summed E-state index contributed by atoms with van der Waals surface area (Å²) in [6.45, 7) is 5.55. The van der Waals surface area contributed by atoms with Gasteiger partial charge in [0, 0.05) is 17.8 Å². The third-order valence-corrected chi connectivity index (χ3v) is 4.64. The third-order valence-electron chi connectivity index (χ3n) is 4.34. The van der Waals surface area contributed by atoms with Crippen LogP contribution in [0.5, 0.6) is 11.5 Å². The van der Waals surface area contributed by atoms with Crippen molar-refractivity contribution in [2.75, 3.05) is 19.8 Å². The highest BCUT2D eigenvalue weighted by molar-refractivity contribution is 6.32. The fourth-order valence-corrected chi connectivity index (χ4v) is 3.13. The molecule has 0 saturated heterocycles. The minimum absolute atomic E-state index is 0.0546. The van der Waals surface area contributed by atoms with Gasteiger partial charge in [-0.25, -0.2) is 0 Å². The minimum atomic E-state index is -0.266. The summed E-state index contributed by atoms with van der Waals surface area (Å²) < 4.78 is 13.4. The maximum Gasteiger partial charge on any atom is 0.157 e. The molecule has 0 atom stereocenters. The van der Waals surface area contributed by atoms with Crippen molar-refractivity contribution in [3.63, 3.8) is 0 Å². The van der Waals surface area contributed by atoms with Gasteiger partial charge in [0.1, 0.15) is 18.1 Å². The second kappa shape index (κ2) is 7.93. The molecule has 1 aromatic heterocycles. The van der Waals surface area contributed by atoms with Gasteiger partial charge in [-0.15, -0.1) is 0 Å². The molecule has 2 heterocycles. The number of rotatable bonds is 6. The Morgan fingerprint density at radius 3 is 2.96 bits per heavy atom. The first-order valence-electron chi connectivity index (χ1n) is 8.45. The Morgan fingerprint density at radius 1 is 1.42 bits per heavy atom. The molecule has 0 bridgehead atoms. The average Bonchev–Trinajstić information content (AvgIpc) is 3.13. The maximum atomic E-state index is 11.3. The first kappa shape index (κ1) is 18.5. The average molecular weight is 377 g/mol. The van der Waals surface area contributed by atoms with Gasteiger partial charge < -0.3 is 14.6 Å². The highest BCUT2D eigenvalue weighted by atomic mass is 35.5. The van der Waals surface area contributed by atoms with E-state index in [0.717, 1.165) is 23.3 Å².